The van der Waals surface area contributed by atoms with Crippen LogP contribution in [-0.2, 0) is 0 Å². The quantitative estimate of drug-likeness (QED) is 0.549. The SMILES string of the molecule is C#C[C@@H](O)CNCC(C)C. The van der Waals surface area contributed by atoms with Crippen LogP contribution in [0.5, 0.6) is 0 Å². The third-order valence-electron chi connectivity index (χ3n) is 1.08. The van der Waals surface area contributed by atoms with Gasteiger partial charge in [-0.25, -0.2) is 0 Å². The van der Waals surface area contributed by atoms with E-state index in [4.69, 9.17) is 11.5 Å². The number of aliphatic hydroxyl groups is 1. The first-order valence-corrected chi connectivity index (χ1v) is 3.51. The standard InChI is InChI=1S/C8H15NO/c1-4-8(10)6-9-5-7(2)3/h1,7-10H,5-6H2,2-3H3/t8-/m1/s1. The molecule has 0 aliphatic rings. The lowest BCUT2D eigenvalue weighted by molar-refractivity contribution is 0.226. The topological polar surface area (TPSA) is 32.3 Å². The molecule has 0 bridgehead atoms. The van der Waals surface area contributed by atoms with Crippen molar-refractivity contribution in [1.29, 1.82) is 0 Å². The first-order chi connectivity index (χ1) is 4.66. The van der Waals surface area contributed by atoms with E-state index in [1.54, 1.807) is 0 Å². The fraction of sp³-hybridized carbons (Fsp3) is 0.750. The van der Waals surface area contributed by atoms with E-state index in [2.05, 4.69) is 25.1 Å². The number of nitrogens with one attached hydrogen (secondary N) is 1. The molecule has 0 saturated carbocycles. The summed E-state index contributed by atoms with van der Waals surface area (Å²) in [6.07, 6.45) is 4.31. The van der Waals surface area contributed by atoms with Gasteiger partial charge < -0.3 is 10.4 Å². The summed E-state index contributed by atoms with van der Waals surface area (Å²) in [5.41, 5.74) is 0. The Kier molecular flexibility index (Phi) is 5.00. The number of hydrogen-bond acceptors (Lipinski definition) is 2. The molecule has 0 aliphatic carbocycles. The summed E-state index contributed by atoms with van der Waals surface area (Å²) in [6, 6.07) is 0. The highest BCUT2D eigenvalue weighted by Crippen LogP contribution is 1.86. The van der Waals surface area contributed by atoms with Crippen molar-refractivity contribution in [2.45, 2.75) is 20.0 Å². The summed E-state index contributed by atoms with van der Waals surface area (Å²) in [6.45, 7) is 5.61. The Morgan fingerprint density at radius 3 is 2.50 bits per heavy atom. The second kappa shape index (κ2) is 5.28. The molecule has 0 aromatic carbocycles. The Balaban J connectivity index is 3.13. The smallest absolute Gasteiger partial charge is 0.126 e. The van der Waals surface area contributed by atoms with Crippen LogP contribution in [0.25, 0.3) is 0 Å². The molecular weight excluding hydrogens is 126 g/mol. The van der Waals surface area contributed by atoms with Crippen LogP contribution < -0.4 is 5.32 Å². The van der Waals surface area contributed by atoms with Gasteiger partial charge in [0, 0.05) is 6.54 Å². The maximum atomic E-state index is 8.87. The molecule has 1 atom stereocenters. The predicted molar refractivity (Wildman–Crippen MR) is 42.5 cm³/mol. The molecule has 0 unspecified atom stereocenters. The van der Waals surface area contributed by atoms with Gasteiger partial charge in [0.15, 0.2) is 0 Å². The van der Waals surface area contributed by atoms with E-state index in [-0.39, 0.29) is 0 Å². The van der Waals surface area contributed by atoms with Gasteiger partial charge in [-0.05, 0) is 12.5 Å². The van der Waals surface area contributed by atoms with Crippen molar-refractivity contribution in [3.05, 3.63) is 0 Å². The van der Waals surface area contributed by atoms with Gasteiger partial charge in [-0.15, -0.1) is 6.42 Å². The zero-order chi connectivity index (χ0) is 7.98. The van der Waals surface area contributed by atoms with Gasteiger partial charge in [-0.3, -0.25) is 0 Å². The van der Waals surface area contributed by atoms with E-state index in [1.807, 2.05) is 0 Å². The monoisotopic (exact) mass is 141 g/mol. The lowest BCUT2D eigenvalue weighted by Gasteiger charge is -2.07. The lowest BCUT2D eigenvalue weighted by atomic mass is 10.2. The van der Waals surface area contributed by atoms with Gasteiger partial charge >= 0.3 is 0 Å². The normalized spacial score (nSPS) is 13.1. The predicted octanol–water partition coefficient (Wildman–Crippen LogP) is 0.226. The molecule has 58 valence electrons. The second-order valence-electron chi connectivity index (χ2n) is 2.73. The first kappa shape index (κ1) is 9.48. The zero-order valence-electron chi connectivity index (χ0n) is 6.59. The van der Waals surface area contributed by atoms with Crippen LogP contribution in [-0.4, -0.2) is 24.3 Å². The molecule has 0 aromatic heterocycles. The lowest BCUT2D eigenvalue weighted by Crippen LogP contribution is -2.28. The molecule has 0 rings (SSSR count). The van der Waals surface area contributed by atoms with Gasteiger partial charge in [0.25, 0.3) is 0 Å². The first-order valence-electron chi connectivity index (χ1n) is 3.51. The van der Waals surface area contributed by atoms with E-state index in [1.165, 1.54) is 0 Å². The maximum absolute atomic E-state index is 8.87. The van der Waals surface area contributed by atoms with E-state index in [0.29, 0.717) is 12.5 Å². The average Bonchev–Trinajstić information content (AvgIpc) is 1.87. The fourth-order valence-electron chi connectivity index (χ4n) is 0.568. The van der Waals surface area contributed by atoms with Gasteiger partial charge in [0.05, 0.1) is 0 Å². The highest BCUT2D eigenvalue weighted by atomic mass is 16.3. The van der Waals surface area contributed by atoms with Crippen molar-refractivity contribution in [3.8, 4) is 12.3 Å². The number of hydrogen-bond donors (Lipinski definition) is 2. The minimum atomic E-state index is -0.640. The largest absolute Gasteiger partial charge is 0.379 e. The van der Waals surface area contributed by atoms with Crippen LogP contribution in [0.1, 0.15) is 13.8 Å². The molecule has 10 heavy (non-hydrogen) atoms. The molecule has 0 aromatic rings. The molecule has 0 radical (unpaired) electrons. The summed E-state index contributed by atoms with van der Waals surface area (Å²) < 4.78 is 0. The van der Waals surface area contributed by atoms with Crippen LogP contribution in [0.3, 0.4) is 0 Å². The van der Waals surface area contributed by atoms with Crippen LogP contribution >= 0.6 is 0 Å². The van der Waals surface area contributed by atoms with Crippen LogP contribution in [0.2, 0.25) is 0 Å². The Hall–Kier alpha value is -0.520. The average molecular weight is 141 g/mol. The minimum Gasteiger partial charge on any atom is -0.379 e. The minimum absolute atomic E-state index is 0.495. The highest BCUT2D eigenvalue weighted by Gasteiger charge is 1.97. The van der Waals surface area contributed by atoms with Crippen molar-refractivity contribution in [2.24, 2.45) is 5.92 Å². The molecule has 2 heteroatoms. The molecular formula is C8H15NO. The third kappa shape index (κ3) is 5.61. The second-order valence-corrected chi connectivity index (χ2v) is 2.73. The van der Waals surface area contributed by atoms with Crippen molar-refractivity contribution in [2.75, 3.05) is 13.1 Å². The van der Waals surface area contributed by atoms with Crippen molar-refractivity contribution < 1.29 is 5.11 Å². The van der Waals surface area contributed by atoms with Crippen LogP contribution in [0.4, 0.5) is 0 Å². The summed E-state index contributed by atoms with van der Waals surface area (Å²) in [5.74, 6) is 2.83. The Morgan fingerprint density at radius 1 is 1.50 bits per heavy atom. The third-order valence-corrected chi connectivity index (χ3v) is 1.08. The van der Waals surface area contributed by atoms with Crippen molar-refractivity contribution in [1.82, 2.24) is 5.32 Å². The number of terminal acetylenes is 1. The molecule has 2 N–H and O–H groups in total. The fourth-order valence-corrected chi connectivity index (χ4v) is 0.568. The van der Waals surface area contributed by atoms with Crippen LogP contribution in [0.15, 0.2) is 0 Å². The zero-order valence-corrected chi connectivity index (χ0v) is 6.59. The maximum Gasteiger partial charge on any atom is 0.126 e. The molecule has 0 heterocycles. The summed E-state index contributed by atoms with van der Waals surface area (Å²) in [5, 5.41) is 11.9. The summed E-state index contributed by atoms with van der Waals surface area (Å²) in [4.78, 5) is 0. The summed E-state index contributed by atoms with van der Waals surface area (Å²) in [7, 11) is 0. The van der Waals surface area contributed by atoms with Gasteiger partial charge in [-0.1, -0.05) is 19.8 Å². The van der Waals surface area contributed by atoms with Crippen LogP contribution in [0, 0.1) is 18.3 Å². The molecule has 0 aliphatic heterocycles. The Bertz CT molecular complexity index is 115. The van der Waals surface area contributed by atoms with E-state index >= 15 is 0 Å². The molecule has 0 fully saturated rings. The number of aliphatic hydroxyl groups excluding tert-OH is 1. The van der Waals surface area contributed by atoms with Gasteiger partial charge in [-0.2, -0.15) is 0 Å². The van der Waals surface area contributed by atoms with E-state index < -0.39 is 6.10 Å². The summed E-state index contributed by atoms with van der Waals surface area (Å²) >= 11 is 0. The van der Waals surface area contributed by atoms with E-state index in [9.17, 15) is 0 Å². The van der Waals surface area contributed by atoms with Gasteiger partial charge in [0.1, 0.15) is 6.10 Å². The molecule has 0 saturated heterocycles. The highest BCUT2D eigenvalue weighted by molar-refractivity contribution is 4.94. The number of rotatable bonds is 4. The molecule has 0 amide bonds. The molecule has 2 nitrogen and oxygen atoms in total. The molecule has 0 spiro atoms. The Labute approximate surface area is 62.6 Å². The van der Waals surface area contributed by atoms with E-state index in [0.717, 1.165) is 6.54 Å². The van der Waals surface area contributed by atoms with Crippen molar-refractivity contribution >= 4 is 0 Å². The van der Waals surface area contributed by atoms with Gasteiger partial charge in [0.2, 0.25) is 0 Å². The Morgan fingerprint density at radius 2 is 2.10 bits per heavy atom. The van der Waals surface area contributed by atoms with Crippen molar-refractivity contribution in [3.63, 3.8) is 0 Å².